The van der Waals surface area contributed by atoms with Gasteiger partial charge in [0.1, 0.15) is 12.2 Å². The molecule has 1 aromatic carbocycles. The minimum Gasteiger partial charge on any atom is -0.324 e. The molecule has 0 spiro atoms. The summed E-state index contributed by atoms with van der Waals surface area (Å²) in [5.41, 5.74) is 8.97. The van der Waals surface area contributed by atoms with Crippen molar-refractivity contribution in [1.29, 1.82) is 0 Å². The molecule has 1 atom stereocenters. The van der Waals surface area contributed by atoms with Crippen molar-refractivity contribution in [2.24, 2.45) is 12.8 Å². The second kappa shape index (κ2) is 4.74. The lowest BCUT2D eigenvalue weighted by molar-refractivity contribution is 0.630. The largest absolute Gasteiger partial charge is 0.324 e. The topological polar surface area (TPSA) is 82.5 Å². The van der Waals surface area contributed by atoms with Crippen molar-refractivity contribution < 1.29 is 0 Å². The van der Waals surface area contributed by atoms with Crippen LogP contribution in [0.5, 0.6) is 0 Å². The van der Waals surface area contributed by atoms with Crippen LogP contribution >= 0.6 is 0 Å². The summed E-state index contributed by atoms with van der Waals surface area (Å²) in [7, 11) is 1.86. The maximum Gasteiger partial charge on any atom is 0.138 e. The van der Waals surface area contributed by atoms with Gasteiger partial charge in [0.2, 0.25) is 0 Å². The van der Waals surface area contributed by atoms with Crippen molar-refractivity contribution in [2.75, 3.05) is 0 Å². The molecule has 0 radical (unpaired) electrons. The number of aromatic nitrogens is 5. The molecule has 0 saturated carbocycles. The maximum absolute atomic E-state index is 6.22. The number of rotatable bonds is 3. The average Bonchev–Trinajstić information content (AvgIpc) is 2.84. The highest BCUT2D eigenvalue weighted by Gasteiger charge is 2.11. The predicted octanol–water partition coefficient (Wildman–Crippen LogP) is 1.00. The van der Waals surface area contributed by atoms with Gasteiger partial charge in [0.25, 0.3) is 0 Å². The molecule has 2 N–H and O–H groups in total. The molecule has 0 saturated heterocycles. The van der Waals surface area contributed by atoms with Crippen LogP contribution in [0.4, 0.5) is 0 Å². The zero-order chi connectivity index (χ0) is 13.2. The van der Waals surface area contributed by atoms with E-state index in [0.29, 0.717) is 6.42 Å². The number of hydrogen-bond donors (Lipinski definition) is 1. The fraction of sp³-hybridized carbons (Fsp3) is 0.231. The summed E-state index contributed by atoms with van der Waals surface area (Å²) in [6.45, 7) is 0. The molecule has 2 aromatic heterocycles. The van der Waals surface area contributed by atoms with E-state index >= 15 is 0 Å². The molecule has 0 aliphatic carbocycles. The van der Waals surface area contributed by atoms with Crippen LogP contribution in [-0.4, -0.2) is 24.7 Å². The van der Waals surface area contributed by atoms with Gasteiger partial charge in [-0.2, -0.15) is 5.10 Å². The van der Waals surface area contributed by atoms with Gasteiger partial charge in [0, 0.05) is 31.9 Å². The van der Waals surface area contributed by atoms with E-state index in [4.69, 9.17) is 5.73 Å². The Labute approximate surface area is 110 Å². The van der Waals surface area contributed by atoms with Crippen LogP contribution in [0.2, 0.25) is 0 Å². The van der Waals surface area contributed by atoms with Gasteiger partial charge in [-0.15, -0.1) is 0 Å². The molecule has 0 aliphatic rings. The van der Waals surface area contributed by atoms with E-state index < -0.39 is 0 Å². The van der Waals surface area contributed by atoms with Crippen LogP contribution in [0.15, 0.2) is 36.9 Å². The third-order valence-electron chi connectivity index (χ3n) is 3.13. The summed E-state index contributed by atoms with van der Waals surface area (Å²) in [6, 6.07) is 5.77. The van der Waals surface area contributed by atoms with E-state index in [2.05, 4.69) is 20.1 Å². The molecule has 0 aliphatic heterocycles. The van der Waals surface area contributed by atoms with Gasteiger partial charge in [0.15, 0.2) is 0 Å². The summed E-state index contributed by atoms with van der Waals surface area (Å²) >= 11 is 0. The number of nitrogens with two attached hydrogens (primary N) is 1. The van der Waals surface area contributed by atoms with Gasteiger partial charge in [0.05, 0.1) is 11.0 Å². The van der Waals surface area contributed by atoms with Crippen LogP contribution in [0.1, 0.15) is 17.4 Å². The molecule has 6 nitrogen and oxygen atoms in total. The Bertz CT molecular complexity index is 705. The van der Waals surface area contributed by atoms with Gasteiger partial charge in [-0.1, -0.05) is 6.07 Å². The average molecular weight is 254 g/mol. The van der Waals surface area contributed by atoms with Crippen molar-refractivity contribution in [3.05, 3.63) is 48.3 Å². The van der Waals surface area contributed by atoms with Crippen LogP contribution in [0.25, 0.3) is 11.0 Å². The first-order chi connectivity index (χ1) is 9.24. The van der Waals surface area contributed by atoms with E-state index in [1.165, 1.54) is 6.33 Å². The third-order valence-corrected chi connectivity index (χ3v) is 3.13. The molecule has 0 amide bonds. The number of hydrogen-bond acceptors (Lipinski definition) is 5. The summed E-state index contributed by atoms with van der Waals surface area (Å²) < 4.78 is 1.74. The quantitative estimate of drug-likeness (QED) is 0.754. The molecule has 1 unspecified atom stereocenters. The third kappa shape index (κ3) is 2.30. The van der Waals surface area contributed by atoms with Crippen molar-refractivity contribution in [2.45, 2.75) is 12.5 Å². The Morgan fingerprint density at radius 2 is 1.95 bits per heavy atom. The molecule has 3 aromatic rings. The van der Waals surface area contributed by atoms with E-state index in [0.717, 1.165) is 22.4 Å². The summed E-state index contributed by atoms with van der Waals surface area (Å²) in [4.78, 5) is 12.7. The number of fused-ring (bicyclic) bond motifs is 1. The Morgan fingerprint density at radius 1 is 1.16 bits per heavy atom. The van der Waals surface area contributed by atoms with E-state index in [9.17, 15) is 0 Å². The monoisotopic (exact) mass is 254 g/mol. The van der Waals surface area contributed by atoms with E-state index in [-0.39, 0.29) is 6.04 Å². The normalized spacial score (nSPS) is 12.7. The smallest absolute Gasteiger partial charge is 0.138 e. The summed E-state index contributed by atoms with van der Waals surface area (Å²) in [6.07, 6.45) is 5.54. The highest BCUT2D eigenvalue weighted by molar-refractivity contribution is 5.74. The molecule has 2 heterocycles. The standard InChI is InChI=1S/C13H14N6/c1-19-13(17-8-18-19)7-10(14)9-2-3-11-12(6-9)16-5-4-15-11/h2-6,8,10H,7,14H2,1H3. The Hall–Kier alpha value is -2.34. The van der Waals surface area contributed by atoms with Gasteiger partial charge in [-0.05, 0) is 17.7 Å². The predicted molar refractivity (Wildman–Crippen MR) is 71.2 cm³/mol. The first-order valence-electron chi connectivity index (χ1n) is 6.03. The molecule has 96 valence electrons. The molecule has 0 fully saturated rings. The van der Waals surface area contributed by atoms with Gasteiger partial charge < -0.3 is 5.73 Å². The van der Waals surface area contributed by atoms with Gasteiger partial charge in [-0.3, -0.25) is 14.6 Å². The van der Waals surface area contributed by atoms with Crippen molar-refractivity contribution >= 4 is 11.0 Å². The van der Waals surface area contributed by atoms with Crippen LogP contribution in [-0.2, 0) is 13.5 Å². The van der Waals surface area contributed by atoms with Crippen molar-refractivity contribution in [3.63, 3.8) is 0 Å². The Morgan fingerprint density at radius 3 is 2.68 bits per heavy atom. The summed E-state index contributed by atoms with van der Waals surface area (Å²) in [5, 5.41) is 4.04. The lowest BCUT2D eigenvalue weighted by Crippen LogP contribution is -2.16. The second-order valence-corrected chi connectivity index (χ2v) is 4.41. The van der Waals surface area contributed by atoms with E-state index in [1.54, 1.807) is 17.1 Å². The fourth-order valence-electron chi connectivity index (χ4n) is 2.03. The minimum absolute atomic E-state index is 0.130. The van der Waals surface area contributed by atoms with E-state index in [1.807, 2.05) is 25.2 Å². The van der Waals surface area contributed by atoms with Crippen LogP contribution in [0, 0.1) is 0 Å². The summed E-state index contributed by atoms with van der Waals surface area (Å²) in [5.74, 6) is 0.867. The first kappa shape index (κ1) is 11.7. The SMILES string of the molecule is Cn1ncnc1CC(N)c1ccc2nccnc2c1. The van der Waals surface area contributed by atoms with Crippen molar-refractivity contribution in [3.8, 4) is 0 Å². The number of nitrogens with zero attached hydrogens (tertiary/aromatic N) is 5. The Balaban J connectivity index is 1.89. The van der Waals surface area contributed by atoms with Gasteiger partial charge in [-0.25, -0.2) is 4.98 Å². The lowest BCUT2D eigenvalue weighted by Gasteiger charge is -2.11. The molecule has 3 rings (SSSR count). The van der Waals surface area contributed by atoms with Crippen LogP contribution < -0.4 is 5.73 Å². The van der Waals surface area contributed by atoms with Gasteiger partial charge >= 0.3 is 0 Å². The molecule has 0 bridgehead atoms. The highest BCUT2D eigenvalue weighted by atomic mass is 15.3. The molecular weight excluding hydrogens is 240 g/mol. The zero-order valence-corrected chi connectivity index (χ0v) is 10.6. The van der Waals surface area contributed by atoms with Crippen molar-refractivity contribution in [1.82, 2.24) is 24.7 Å². The fourth-order valence-corrected chi connectivity index (χ4v) is 2.03. The molecular formula is C13H14N6. The molecule has 19 heavy (non-hydrogen) atoms. The Kier molecular flexibility index (Phi) is 2.92. The highest BCUT2D eigenvalue weighted by Crippen LogP contribution is 2.18. The second-order valence-electron chi connectivity index (χ2n) is 4.41. The number of aryl methyl sites for hydroxylation is 1. The lowest BCUT2D eigenvalue weighted by atomic mass is 10.0. The molecule has 6 heteroatoms. The minimum atomic E-state index is -0.130. The zero-order valence-electron chi connectivity index (χ0n) is 10.6. The number of benzene rings is 1. The van der Waals surface area contributed by atoms with Crippen LogP contribution in [0.3, 0.4) is 0 Å². The maximum atomic E-state index is 6.22. The first-order valence-corrected chi connectivity index (χ1v) is 6.03.